The summed E-state index contributed by atoms with van der Waals surface area (Å²) in [5.41, 5.74) is 2.63. The van der Waals surface area contributed by atoms with Gasteiger partial charge in [0.15, 0.2) is 23.1 Å². The minimum atomic E-state index is -0.665. The Morgan fingerprint density at radius 2 is 1.71 bits per heavy atom. The molecular weight excluding hydrogens is 618 g/mol. The quantitative estimate of drug-likeness (QED) is 0.284. The number of methoxy groups -OCH3 is 1. The van der Waals surface area contributed by atoms with E-state index < -0.39 is 23.7 Å². The van der Waals surface area contributed by atoms with Crippen molar-refractivity contribution in [2.24, 2.45) is 17.8 Å². The maximum Gasteiger partial charge on any atom is 0.238 e. The number of phenolic OH excluding ortho intramolecular Hbond substituents is 1. The van der Waals surface area contributed by atoms with Gasteiger partial charge in [-0.3, -0.25) is 24.1 Å². The van der Waals surface area contributed by atoms with E-state index in [0.29, 0.717) is 28.8 Å². The number of hydrogen-bond acceptors (Lipinski definition) is 6. The molecular formula is C29H21Br2NO6. The molecule has 192 valence electrons. The number of anilines is 1. The lowest BCUT2D eigenvalue weighted by Crippen LogP contribution is -2.39. The van der Waals surface area contributed by atoms with Gasteiger partial charge in [-0.05, 0) is 76.7 Å². The number of benzene rings is 2. The number of ketones is 2. The zero-order chi connectivity index (χ0) is 26.9. The molecule has 1 fully saturated rings. The Morgan fingerprint density at radius 3 is 2.39 bits per heavy atom. The zero-order valence-electron chi connectivity index (χ0n) is 20.1. The molecule has 0 saturated carbocycles. The van der Waals surface area contributed by atoms with Crippen LogP contribution >= 0.6 is 31.9 Å². The maximum atomic E-state index is 13.9. The molecule has 2 aromatic carbocycles. The highest BCUT2D eigenvalue weighted by molar-refractivity contribution is 9.12. The standard InChI is InChI=1S/C29H21Br2NO6/c1-38-23-9-2-13(10-21(23)33)24-16-7-8-17-25(18(16)11-19-26(24)22(34)12-20(31)27(19)35)29(37)32(28(17)36)15-5-3-14(30)4-6-15/h2-7,9-10,12,17-18,24-25,33H,8,11H2,1H3. The maximum absolute atomic E-state index is 13.9. The van der Waals surface area contributed by atoms with Crippen molar-refractivity contribution in [3.8, 4) is 11.5 Å². The number of phenols is 1. The van der Waals surface area contributed by atoms with Gasteiger partial charge in [-0.25, -0.2) is 0 Å². The number of carbonyl (C=O) groups excluding carboxylic acids is 4. The van der Waals surface area contributed by atoms with E-state index >= 15 is 0 Å². The van der Waals surface area contributed by atoms with Crippen LogP contribution in [0, 0.1) is 17.8 Å². The van der Waals surface area contributed by atoms with Crippen LogP contribution in [0.4, 0.5) is 5.69 Å². The molecule has 9 heteroatoms. The lowest BCUT2D eigenvalue weighted by atomic mass is 9.59. The number of amides is 2. The van der Waals surface area contributed by atoms with Gasteiger partial charge in [-0.2, -0.15) is 0 Å². The third-order valence-corrected chi connectivity index (χ3v) is 9.07. The molecule has 0 bridgehead atoms. The van der Waals surface area contributed by atoms with Crippen LogP contribution in [0.15, 0.2) is 80.3 Å². The molecule has 4 atom stereocenters. The van der Waals surface area contributed by atoms with Crippen molar-refractivity contribution >= 4 is 60.9 Å². The van der Waals surface area contributed by atoms with Crippen molar-refractivity contribution in [2.45, 2.75) is 18.8 Å². The van der Waals surface area contributed by atoms with Gasteiger partial charge in [-0.15, -0.1) is 0 Å². The smallest absolute Gasteiger partial charge is 0.238 e. The summed E-state index contributed by atoms with van der Waals surface area (Å²) < 4.78 is 6.19. The van der Waals surface area contributed by atoms with E-state index in [-0.39, 0.29) is 45.8 Å². The Labute approximate surface area is 235 Å². The summed E-state index contributed by atoms with van der Waals surface area (Å²) in [5, 5.41) is 10.5. The number of halogens is 2. The third kappa shape index (κ3) is 3.66. The highest BCUT2D eigenvalue weighted by Crippen LogP contribution is 2.56. The van der Waals surface area contributed by atoms with Gasteiger partial charge in [0, 0.05) is 27.6 Å². The van der Waals surface area contributed by atoms with Crippen LogP contribution < -0.4 is 9.64 Å². The number of carbonyl (C=O) groups is 4. The summed E-state index contributed by atoms with van der Waals surface area (Å²) in [7, 11) is 1.45. The van der Waals surface area contributed by atoms with Crippen LogP contribution in [0.1, 0.15) is 24.3 Å². The lowest BCUT2D eigenvalue weighted by Gasteiger charge is -2.42. The summed E-state index contributed by atoms with van der Waals surface area (Å²) in [6.45, 7) is 0. The first-order chi connectivity index (χ1) is 18.2. The predicted octanol–water partition coefficient (Wildman–Crippen LogP) is 5.13. The van der Waals surface area contributed by atoms with Crippen molar-refractivity contribution in [1.29, 1.82) is 0 Å². The van der Waals surface area contributed by atoms with E-state index in [0.717, 1.165) is 10.0 Å². The van der Waals surface area contributed by atoms with Crippen LogP contribution in [0.25, 0.3) is 0 Å². The predicted molar refractivity (Wildman–Crippen MR) is 146 cm³/mol. The number of ether oxygens (including phenoxy) is 1. The van der Waals surface area contributed by atoms with E-state index in [2.05, 4.69) is 31.9 Å². The summed E-state index contributed by atoms with van der Waals surface area (Å²) in [6, 6.07) is 11.9. The van der Waals surface area contributed by atoms with Crippen LogP contribution in [0.5, 0.6) is 11.5 Å². The Balaban J connectivity index is 1.48. The number of Topliss-reactive ketones (excluding diaryl/α,β-unsaturated/α-hetero) is 1. The molecule has 1 N–H and O–H groups in total. The van der Waals surface area contributed by atoms with Crippen LogP contribution in [0.3, 0.4) is 0 Å². The first kappa shape index (κ1) is 25.0. The van der Waals surface area contributed by atoms with Gasteiger partial charge in [0.05, 0.1) is 29.1 Å². The van der Waals surface area contributed by atoms with E-state index in [1.807, 2.05) is 6.08 Å². The molecule has 2 amide bonds. The molecule has 0 radical (unpaired) electrons. The fraction of sp³-hybridized carbons (Fsp3) is 0.241. The number of allylic oxidation sites excluding steroid dienone is 6. The van der Waals surface area contributed by atoms with Gasteiger partial charge >= 0.3 is 0 Å². The Bertz CT molecular complexity index is 1540. The summed E-state index contributed by atoms with van der Waals surface area (Å²) in [5.74, 6) is -3.28. The fourth-order valence-electron chi connectivity index (χ4n) is 6.32. The molecule has 7 nitrogen and oxygen atoms in total. The molecule has 1 heterocycles. The van der Waals surface area contributed by atoms with Crippen molar-refractivity contribution in [2.75, 3.05) is 12.0 Å². The number of hydrogen-bond donors (Lipinski definition) is 1. The Hall–Kier alpha value is -3.30. The molecule has 0 aromatic heterocycles. The fourth-order valence-corrected chi connectivity index (χ4v) is 7.03. The molecule has 4 aliphatic rings. The molecule has 2 aromatic rings. The van der Waals surface area contributed by atoms with Crippen molar-refractivity contribution in [3.63, 3.8) is 0 Å². The monoisotopic (exact) mass is 637 g/mol. The summed E-state index contributed by atoms with van der Waals surface area (Å²) in [6.07, 6.45) is 3.76. The summed E-state index contributed by atoms with van der Waals surface area (Å²) >= 11 is 6.61. The van der Waals surface area contributed by atoms with E-state index in [1.54, 1.807) is 36.4 Å². The average molecular weight is 639 g/mol. The number of aromatic hydroxyl groups is 1. The molecule has 38 heavy (non-hydrogen) atoms. The Kier molecular flexibility index (Phi) is 6.03. The largest absolute Gasteiger partial charge is 0.504 e. The van der Waals surface area contributed by atoms with Crippen LogP contribution in [0.2, 0.25) is 0 Å². The second-order valence-corrected chi connectivity index (χ2v) is 11.6. The number of fused-ring (bicyclic) bond motifs is 3. The minimum absolute atomic E-state index is 0.0941. The number of rotatable bonds is 3. The van der Waals surface area contributed by atoms with Gasteiger partial charge in [0.1, 0.15) is 0 Å². The lowest BCUT2D eigenvalue weighted by molar-refractivity contribution is -0.123. The van der Waals surface area contributed by atoms with Gasteiger partial charge in [0.2, 0.25) is 11.8 Å². The van der Waals surface area contributed by atoms with E-state index in [9.17, 15) is 24.3 Å². The highest BCUT2D eigenvalue weighted by atomic mass is 79.9. The van der Waals surface area contributed by atoms with Crippen LogP contribution in [-0.2, 0) is 19.2 Å². The topological polar surface area (TPSA) is 101 Å². The zero-order valence-corrected chi connectivity index (χ0v) is 23.3. The molecule has 0 spiro atoms. The van der Waals surface area contributed by atoms with Gasteiger partial charge < -0.3 is 9.84 Å². The minimum Gasteiger partial charge on any atom is -0.504 e. The first-order valence-corrected chi connectivity index (χ1v) is 13.7. The molecule has 1 saturated heterocycles. The second kappa shape index (κ2) is 9.17. The van der Waals surface area contributed by atoms with Crippen molar-refractivity contribution < 1.29 is 29.0 Å². The summed E-state index contributed by atoms with van der Waals surface area (Å²) in [4.78, 5) is 55.2. The highest BCUT2D eigenvalue weighted by Gasteiger charge is 2.56. The van der Waals surface area contributed by atoms with Gasteiger partial charge in [0.25, 0.3) is 0 Å². The third-order valence-electron chi connectivity index (χ3n) is 7.95. The Morgan fingerprint density at radius 1 is 0.974 bits per heavy atom. The van der Waals surface area contributed by atoms with E-state index in [4.69, 9.17) is 4.74 Å². The number of imide groups is 1. The molecule has 6 rings (SSSR count). The van der Waals surface area contributed by atoms with E-state index in [1.165, 1.54) is 24.2 Å². The van der Waals surface area contributed by atoms with Crippen LogP contribution in [-0.4, -0.2) is 35.6 Å². The average Bonchev–Trinajstić information content (AvgIpc) is 3.16. The first-order valence-electron chi connectivity index (χ1n) is 12.1. The molecule has 1 aliphatic heterocycles. The van der Waals surface area contributed by atoms with Crippen molar-refractivity contribution in [3.05, 3.63) is 85.9 Å². The van der Waals surface area contributed by atoms with Gasteiger partial charge in [-0.1, -0.05) is 33.6 Å². The molecule has 4 unspecified atom stereocenters. The molecule has 3 aliphatic carbocycles. The SMILES string of the molecule is COc1ccc(C2C3=CCC4C(=O)N(c5ccc(Br)cc5)C(=O)C4C3CC3=C2C(=O)C=C(Br)C3=O)cc1O. The normalized spacial score (nSPS) is 26.6. The number of nitrogens with zero attached hydrogens (tertiary/aromatic N) is 1. The van der Waals surface area contributed by atoms with Crippen molar-refractivity contribution in [1.82, 2.24) is 0 Å². The second-order valence-electron chi connectivity index (χ2n) is 9.81.